The summed E-state index contributed by atoms with van der Waals surface area (Å²) in [6.07, 6.45) is 9.67. The molecule has 2 saturated carbocycles. The first kappa shape index (κ1) is 31.9. The summed E-state index contributed by atoms with van der Waals surface area (Å²) in [5, 5.41) is 5.37. The molecule has 2 fully saturated rings. The first-order valence-electron chi connectivity index (χ1n) is 20.3. The zero-order valence-corrected chi connectivity index (χ0v) is 32.2. The minimum absolute atomic E-state index is 0.0532. The van der Waals surface area contributed by atoms with Crippen LogP contribution in [0.15, 0.2) is 97.1 Å². The van der Waals surface area contributed by atoms with E-state index < -0.39 is 0 Å². The molecule has 0 bridgehead atoms. The molecule has 0 saturated heterocycles. The van der Waals surface area contributed by atoms with Crippen LogP contribution in [0.5, 0.6) is 11.5 Å². The van der Waals surface area contributed by atoms with Crippen molar-refractivity contribution in [3.63, 3.8) is 0 Å². The number of rotatable bonds is 2. The van der Waals surface area contributed by atoms with Crippen molar-refractivity contribution in [1.82, 2.24) is 0 Å². The van der Waals surface area contributed by atoms with Gasteiger partial charge in [-0.3, -0.25) is 0 Å². The summed E-state index contributed by atoms with van der Waals surface area (Å²) in [4.78, 5) is 0. The van der Waals surface area contributed by atoms with Gasteiger partial charge in [0, 0.05) is 27.4 Å². The third kappa shape index (κ3) is 4.00. The summed E-state index contributed by atoms with van der Waals surface area (Å²) in [7, 11) is 0. The normalized spacial score (nSPS) is 28.7. The Kier molecular flexibility index (Phi) is 6.23. The van der Waals surface area contributed by atoms with Crippen molar-refractivity contribution < 1.29 is 9.47 Å². The number of ether oxygens (including phenoxy) is 2. The lowest BCUT2D eigenvalue weighted by Gasteiger charge is -2.43. The van der Waals surface area contributed by atoms with Gasteiger partial charge in [0.2, 0.25) is 0 Å². The summed E-state index contributed by atoms with van der Waals surface area (Å²) >= 11 is 0. The summed E-state index contributed by atoms with van der Waals surface area (Å²) in [6.45, 7) is 14.4. The number of hydrogen-bond acceptors (Lipinski definition) is 2. The Hall–Kier alpha value is -4.56. The van der Waals surface area contributed by atoms with E-state index in [1.807, 2.05) is 0 Å². The summed E-state index contributed by atoms with van der Waals surface area (Å²) < 4.78 is 13.4. The molecule has 2 heteroatoms. The van der Waals surface area contributed by atoms with Crippen LogP contribution < -0.4 is 9.47 Å². The van der Waals surface area contributed by atoms with Crippen molar-refractivity contribution in [3.05, 3.63) is 119 Å². The predicted octanol–water partition coefficient (Wildman–Crippen LogP) is 13.6. The standard InChI is InChI=1S/C51H50O2/c1-47(2)40-28-32(34-18-22-44-42(30-34)49(4)24-10-12-26-51(49,6)53-44)16-20-38(40)45-36-14-8-7-13-35(36)39-27-31(15-19-37(39)46(45)47)33-17-21-43-41(29-33)48(3)23-9-11-25-50(48,5)52-43/h7-8,13-22,27-30H,9-12,23-26H2,1-6H3. The molecule has 266 valence electrons. The average molecular weight is 695 g/mol. The molecule has 2 aliphatic heterocycles. The highest BCUT2D eigenvalue weighted by atomic mass is 16.5. The zero-order chi connectivity index (χ0) is 36.1. The summed E-state index contributed by atoms with van der Waals surface area (Å²) in [6, 6.07) is 37.6. The maximum absolute atomic E-state index is 6.70. The Morgan fingerprint density at radius 3 is 1.53 bits per heavy atom. The van der Waals surface area contributed by atoms with Gasteiger partial charge in [-0.25, -0.2) is 0 Å². The molecule has 4 unspecified atom stereocenters. The molecular weight excluding hydrogens is 645 g/mol. The van der Waals surface area contributed by atoms with E-state index in [0.29, 0.717) is 0 Å². The first-order chi connectivity index (χ1) is 25.4. The fourth-order valence-corrected chi connectivity index (χ4v) is 12.0. The molecule has 2 heterocycles. The molecule has 0 spiro atoms. The Balaban J connectivity index is 1.04. The van der Waals surface area contributed by atoms with Crippen molar-refractivity contribution in [2.24, 2.45) is 0 Å². The molecule has 6 aromatic rings. The largest absolute Gasteiger partial charge is 0.486 e. The lowest BCUT2D eigenvalue weighted by Crippen LogP contribution is -2.49. The molecule has 6 aromatic carbocycles. The van der Waals surface area contributed by atoms with E-state index in [9.17, 15) is 0 Å². The average Bonchev–Trinajstić information content (AvgIpc) is 3.66. The Morgan fingerprint density at radius 2 is 0.925 bits per heavy atom. The van der Waals surface area contributed by atoms with Gasteiger partial charge in [-0.1, -0.05) is 101 Å². The molecular formula is C51H50O2. The van der Waals surface area contributed by atoms with Gasteiger partial charge in [0.25, 0.3) is 0 Å². The highest BCUT2D eigenvalue weighted by Gasteiger charge is 2.56. The highest BCUT2D eigenvalue weighted by Crippen LogP contribution is 2.60. The van der Waals surface area contributed by atoms with Crippen LogP contribution in [0, 0.1) is 0 Å². The van der Waals surface area contributed by atoms with E-state index in [2.05, 4.69) is 139 Å². The van der Waals surface area contributed by atoms with Gasteiger partial charge in [-0.15, -0.1) is 0 Å². The van der Waals surface area contributed by atoms with Gasteiger partial charge < -0.3 is 9.47 Å². The number of hydrogen-bond donors (Lipinski definition) is 0. The van der Waals surface area contributed by atoms with Gasteiger partial charge in [-0.2, -0.15) is 0 Å². The Labute approximate surface area is 314 Å². The van der Waals surface area contributed by atoms with Crippen molar-refractivity contribution in [3.8, 4) is 44.9 Å². The molecule has 3 aliphatic carbocycles. The molecule has 2 nitrogen and oxygen atoms in total. The van der Waals surface area contributed by atoms with E-state index >= 15 is 0 Å². The highest BCUT2D eigenvalue weighted by molar-refractivity contribution is 6.19. The van der Waals surface area contributed by atoms with Crippen molar-refractivity contribution in [1.29, 1.82) is 0 Å². The molecule has 0 radical (unpaired) electrons. The van der Waals surface area contributed by atoms with Crippen LogP contribution in [0.3, 0.4) is 0 Å². The first-order valence-corrected chi connectivity index (χ1v) is 20.3. The molecule has 0 N–H and O–H groups in total. The van der Waals surface area contributed by atoms with E-state index in [1.54, 1.807) is 0 Å². The predicted molar refractivity (Wildman–Crippen MR) is 220 cm³/mol. The summed E-state index contributed by atoms with van der Waals surface area (Å²) in [5.41, 5.74) is 13.3. The second kappa shape index (κ2) is 10.3. The fourth-order valence-electron chi connectivity index (χ4n) is 12.0. The third-order valence-electron chi connectivity index (χ3n) is 15.6. The summed E-state index contributed by atoms with van der Waals surface area (Å²) in [5.74, 6) is 2.17. The van der Waals surface area contributed by atoms with Crippen LogP contribution >= 0.6 is 0 Å². The van der Waals surface area contributed by atoms with Gasteiger partial charge in [-0.05, 0) is 155 Å². The molecule has 0 aromatic heterocycles. The second-order valence-corrected chi connectivity index (χ2v) is 18.6. The van der Waals surface area contributed by atoms with Crippen LogP contribution in [0.1, 0.15) is 115 Å². The maximum Gasteiger partial charge on any atom is 0.124 e. The molecule has 5 aliphatic rings. The van der Waals surface area contributed by atoms with Crippen LogP contribution in [-0.2, 0) is 16.2 Å². The maximum atomic E-state index is 6.70. The lowest BCUT2D eigenvalue weighted by atomic mass is 9.63. The number of fused-ring (bicyclic) bond motifs is 14. The quantitative estimate of drug-likeness (QED) is 0.168. The minimum atomic E-state index is -0.164. The molecule has 0 amide bonds. The second-order valence-electron chi connectivity index (χ2n) is 18.6. The SMILES string of the molecule is CC1(C)c2cc(-c3ccc4c(c3)C3(C)CCCCC3(C)O4)ccc2-c2c1c1ccc(-c3ccc4c(c3)C3(C)CCCCC3(C)O4)cc1c1ccccc21. The van der Waals surface area contributed by atoms with Crippen molar-refractivity contribution >= 4 is 21.5 Å². The topological polar surface area (TPSA) is 18.5 Å². The smallest absolute Gasteiger partial charge is 0.124 e. The van der Waals surface area contributed by atoms with Gasteiger partial charge in [0.1, 0.15) is 22.7 Å². The molecule has 11 rings (SSSR count). The van der Waals surface area contributed by atoms with Crippen LogP contribution in [0.25, 0.3) is 54.9 Å². The lowest BCUT2D eigenvalue weighted by molar-refractivity contribution is 0.00727. The van der Waals surface area contributed by atoms with E-state index in [-0.39, 0.29) is 27.4 Å². The van der Waals surface area contributed by atoms with Crippen molar-refractivity contribution in [2.75, 3.05) is 0 Å². The molecule has 4 atom stereocenters. The van der Waals surface area contributed by atoms with E-state index in [0.717, 1.165) is 24.3 Å². The van der Waals surface area contributed by atoms with Crippen LogP contribution in [0.2, 0.25) is 0 Å². The Morgan fingerprint density at radius 1 is 0.434 bits per heavy atom. The minimum Gasteiger partial charge on any atom is -0.486 e. The van der Waals surface area contributed by atoms with E-state index in [4.69, 9.17) is 9.47 Å². The molecule has 53 heavy (non-hydrogen) atoms. The zero-order valence-electron chi connectivity index (χ0n) is 32.2. The van der Waals surface area contributed by atoms with Gasteiger partial charge >= 0.3 is 0 Å². The monoisotopic (exact) mass is 694 g/mol. The van der Waals surface area contributed by atoms with Crippen LogP contribution in [-0.4, -0.2) is 11.2 Å². The third-order valence-corrected chi connectivity index (χ3v) is 15.6. The number of benzene rings is 6. The van der Waals surface area contributed by atoms with E-state index in [1.165, 1.54) is 116 Å². The van der Waals surface area contributed by atoms with Crippen LogP contribution in [0.4, 0.5) is 0 Å². The fraction of sp³-hybridized carbons (Fsp3) is 0.373. The Bertz CT molecular complexity index is 2570. The van der Waals surface area contributed by atoms with Crippen molar-refractivity contribution in [2.45, 2.75) is 120 Å². The van der Waals surface area contributed by atoms with Gasteiger partial charge in [0.05, 0.1) is 0 Å². The van der Waals surface area contributed by atoms with Gasteiger partial charge in [0.15, 0.2) is 0 Å².